The molecule has 0 fully saturated rings. The molecule has 0 rings (SSSR count). The molecule has 3 nitrogen and oxygen atoms in total. The van der Waals surface area contributed by atoms with Crippen molar-refractivity contribution in [2.45, 2.75) is 174 Å². The molecule has 0 unspecified atom stereocenters. The fourth-order valence-corrected chi connectivity index (χ4v) is 5.17. The van der Waals surface area contributed by atoms with E-state index in [0.717, 1.165) is 39.3 Å². The van der Waals surface area contributed by atoms with Gasteiger partial charge in [-0.05, 0) is 91.1 Å². The van der Waals surface area contributed by atoms with Crippen molar-refractivity contribution >= 4 is 0 Å². The zero-order chi connectivity index (χ0) is 32.0. The third-order valence-corrected chi connectivity index (χ3v) is 8.33. The van der Waals surface area contributed by atoms with Crippen LogP contribution >= 0.6 is 0 Å². The van der Waals surface area contributed by atoms with Crippen LogP contribution in [0.1, 0.15) is 168 Å². The van der Waals surface area contributed by atoms with Gasteiger partial charge in [-0.2, -0.15) is 0 Å². The summed E-state index contributed by atoms with van der Waals surface area (Å²) in [6, 6.07) is 0.351. The van der Waals surface area contributed by atoms with Crippen molar-refractivity contribution in [1.82, 2.24) is 4.90 Å². The molecule has 0 heterocycles. The van der Waals surface area contributed by atoms with Crippen LogP contribution < -0.4 is 0 Å². The number of allylic oxidation sites excluding steroid dienone is 8. The molecule has 0 atom stereocenters. The first-order valence-corrected chi connectivity index (χ1v) is 19.1. The van der Waals surface area contributed by atoms with Gasteiger partial charge in [-0.3, -0.25) is 0 Å². The number of rotatable bonds is 35. The summed E-state index contributed by atoms with van der Waals surface area (Å²) < 4.78 is 12.0. The number of unbranched alkanes of at least 4 members (excludes halogenated alkanes) is 18. The van der Waals surface area contributed by atoms with E-state index in [2.05, 4.69) is 81.5 Å². The van der Waals surface area contributed by atoms with E-state index in [-0.39, 0.29) is 0 Å². The van der Waals surface area contributed by atoms with Crippen LogP contribution in [0.15, 0.2) is 48.6 Å². The molecule has 0 bridgehead atoms. The summed E-state index contributed by atoms with van der Waals surface area (Å²) in [6.45, 7) is 7.84. The Morgan fingerprint density at radius 1 is 0.409 bits per heavy atom. The molecular weight excluding hydrogens is 538 g/mol. The Hall–Kier alpha value is -1.16. The first-order chi connectivity index (χ1) is 21.7. The molecule has 0 aliphatic rings. The molecule has 0 spiro atoms. The Morgan fingerprint density at radius 3 is 1.07 bits per heavy atom. The van der Waals surface area contributed by atoms with Gasteiger partial charge in [-0.25, -0.2) is 0 Å². The molecular formula is C41H77NO2. The number of ether oxygens (including phenoxy) is 2. The van der Waals surface area contributed by atoms with Gasteiger partial charge in [0.2, 0.25) is 0 Å². The highest BCUT2D eigenvalue weighted by Gasteiger charge is 2.11. The van der Waals surface area contributed by atoms with Crippen LogP contribution in [0.4, 0.5) is 0 Å². The van der Waals surface area contributed by atoms with Crippen molar-refractivity contribution in [3.8, 4) is 0 Å². The van der Waals surface area contributed by atoms with Crippen molar-refractivity contribution in [1.29, 1.82) is 0 Å². The van der Waals surface area contributed by atoms with Gasteiger partial charge in [-0.1, -0.05) is 140 Å². The van der Waals surface area contributed by atoms with E-state index in [1.807, 2.05) is 0 Å². The number of hydrogen-bond donors (Lipinski definition) is 0. The van der Waals surface area contributed by atoms with Crippen molar-refractivity contribution in [3.05, 3.63) is 48.6 Å². The maximum Gasteiger partial charge on any atom is 0.0644 e. The van der Waals surface area contributed by atoms with E-state index in [0.29, 0.717) is 6.04 Å². The lowest BCUT2D eigenvalue weighted by Gasteiger charge is -2.24. The summed E-state index contributed by atoms with van der Waals surface area (Å²) >= 11 is 0. The topological polar surface area (TPSA) is 21.7 Å². The van der Waals surface area contributed by atoms with Crippen LogP contribution in [0.2, 0.25) is 0 Å². The number of hydrogen-bond acceptors (Lipinski definition) is 3. The monoisotopic (exact) mass is 616 g/mol. The first-order valence-electron chi connectivity index (χ1n) is 19.1. The molecule has 0 aromatic rings. The minimum atomic E-state index is 0.351. The molecule has 0 aromatic carbocycles. The molecule has 0 radical (unpaired) electrons. The van der Waals surface area contributed by atoms with Crippen LogP contribution in [0.5, 0.6) is 0 Å². The molecule has 3 heteroatoms. The van der Waals surface area contributed by atoms with E-state index < -0.39 is 0 Å². The Kier molecular flexibility index (Phi) is 37.0. The summed E-state index contributed by atoms with van der Waals surface area (Å²) in [4.78, 5) is 2.25. The Balaban J connectivity index is 3.48. The van der Waals surface area contributed by atoms with Gasteiger partial charge in [0.1, 0.15) is 0 Å². The Labute approximate surface area is 277 Å². The lowest BCUT2D eigenvalue weighted by molar-refractivity contribution is 0.0197. The molecule has 0 saturated heterocycles. The number of nitrogens with zero attached hydrogens (tertiary/aromatic N) is 1. The fraction of sp³-hybridized carbons (Fsp3) is 0.805. The molecule has 0 amide bonds. The van der Waals surface area contributed by atoms with Crippen molar-refractivity contribution in [2.24, 2.45) is 0 Å². The summed E-state index contributed by atoms with van der Waals surface area (Å²) in [7, 11) is 4.27. The lowest BCUT2D eigenvalue weighted by Crippen LogP contribution is -2.37. The second-order valence-corrected chi connectivity index (χ2v) is 12.9. The second-order valence-electron chi connectivity index (χ2n) is 12.9. The molecule has 0 aliphatic heterocycles. The molecule has 0 saturated carbocycles. The standard InChI is InChI=1S/C41H77NO2/c1-5-7-9-11-13-15-17-19-21-23-25-27-29-31-33-35-37-43-39-41(42(3)4)40-44-38-36-34-32-30-28-26-24-22-20-18-16-14-12-10-8-6-2/h13-16,19-22,41H,5-12,17-18,23-40H2,1-4H3. The highest BCUT2D eigenvalue weighted by Crippen LogP contribution is 2.10. The van der Waals surface area contributed by atoms with Gasteiger partial charge in [0.05, 0.1) is 19.3 Å². The second kappa shape index (κ2) is 38.0. The Bertz CT molecular complexity index is 599. The summed E-state index contributed by atoms with van der Waals surface area (Å²) in [5.74, 6) is 0. The van der Waals surface area contributed by atoms with Crippen LogP contribution in [-0.2, 0) is 9.47 Å². The van der Waals surface area contributed by atoms with E-state index in [1.54, 1.807) is 0 Å². The lowest BCUT2D eigenvalue weighted by atomic mass is 10.1. The molecule has 0 aromatic heterocycles. The van der Waals surface area contributed by atoms with E-state index in [9.17, 15) is 0 Å². The molecule has 44 heavy (non-hydrogen) atoms. The fourth-order valence-electron chi connectivity index (χ4n) is 5.17. The summed E-state index contributed by atoms with van der Waals surface area (Å²) in [5, 5.41) is 0. The third-order valence-electron chi connectivity index (χ3n) is 8.33. The van der Waals surface area contributed by atoms with Gasteiger partial charge in [0.25, 0.3) is 0 Å². The van der Waals surface area contributed by atoms with Crippen LogP contribution in [0.25, 0.3) is 0 Å². The molecule has 258 valence electrons. The predicted molar refractivity (Wildman–Crippen MR) is 198 cm³/mol. The summed E-state index contributed by atoms with van der Waals surface area (Å²) in [5.41, 5.74) is 0. The maximum absolute atomic E-state index is 6.02. The smallest absolute Gasteiger partial charge is 0.0644 e. The maximum atomic E-state index is 6.02. The van der Waals surface area contributed by atoms with Crippen molar-refractivity contribution < 1.29 is 9.47 Å². The Morgan fingerprint density at radius 2 is 0.727 bits per heavy atom. The van der Waals surface area contributed by atoms with Crippen LogP contribution in [0, 0.1) is 0 Å². The normalized spacial score (nSPS) is 13.2. The van der Waals surface area contributed by atoms with E-state index in [4.69, 9.17) is 9.47 Å². The minimum Gasteiger partial charge on any atom is -0.380 e. The predicted octanol–water partition coefficient (Wildman–Crippen LogP) is 12.6. The highest BCUT2D eigenvalue weighted by atomic mass is 16.5. The number of likely N-dealkylation sites (N-methyl/N-ethyl adjacent to an activating group) is 1. The van der Waals surface area contributed by atoms with Gasteiger partial charge < -0.3 is 14.4 Å². The highest BCUT2D eigenvalue weighted by molar-refractivity contribution is 4.93. The molecule has 0 aliphatic carbocycles. The average Bonchev–Trinajstić information content (AvgIpc) is 3.02. The van der Waals surface area contributed by atoms with Gasteiger partial charge in [-0.15, -0.1) is 0 Å². The van der Waals surface area contributed by atoms with Crippen molar-refractivity contribution in [2.75, 3.05) is 40.5 Å². The SMILES string of the molecule is CCCCCC=CCC=CCCCCCCCCOCC(COCCCCCCCCC=CCC=CCCCCC)N(C)C. The van der Waals surface area contributed by atoms with Crippen molar-refractivity contribution in [3.63, 3.8) is 0 Å². The average molecular weight is 616 g/mol. The van der Waals surface area contributed by atoms with Gasteiger partial charge in [0.15, 0.2) is 0 Å². The minimum absolute atomic E-state index is 0.351. The third kappa shape index (κ3) is 35.3. The quantitative estimate of drug-likeness (QED) is 0.0523. The zero-order valence-electron chi connectivity index (χ0n) is 30.3. The first kappa shape index (κ1) is 42.8. The van der Waals surface area contributed by atoms with E-state index >= 15 is 0 Å². The summed E-state index contributed by atoms with van der Waals surface area (Å²) in [6.07, 6.45) is 49.6. The zero-order valence-corrected chi connectivity index (χ0v) is 30.3. The van der Waals surface area contributed by atoms with Gasteiger partial charge >= 0.3 is 0 Å². The van der Waals surface area contributed by atoms with Crippen LogP contribution in [0.3, 0.4) is 0 Å². The van der Waals surface area contributed by atoms with E-state index in [1.165, 1.54) is 141 Å². The van der Waals surface area contributed by atoms with Crippen LogP contribution in [-0.4, -0.2) is 51.5 Å². The molecule has 0 N–H and O–H groups in total. The van der Waals surface area contributed by atoms with Gasteiger partial charge in [0, 0.05) is 13.2 Å². The largest absolute Gasteiger partial charge is 0.380 e.